The fourth-order valence-corrected chi connectivity index (χ4v) is 3.78. The minimum absolute atomic E-state index is 0.683. The number of hydrogen-bond acceptors (Lipinski definition) is 1. The van der Waals surface area contributed by atoms with Crippen LogP contribution in [0, 0.1) is 11.8 Å². The Morgan fingerprint density at radius 2 is 2.00 bits per heavy atom. The third kappa shape index (κ3) is 3.26. The largest absolute Gasteiger partial charge is 0.327 e. The summed E-state index contributed by atoms with van der Waals surface area (Å²) < 4.78 is 0. The van der Waals surface area contributed by atoms with Gasteiger partial charge in [0, 0.05) is 6.54 Å². The summed E-state index contributed by atoms with van der Waals surface area (Å²) in [5.74, 6) is 1.53. The minimum Gasteiger partial charge on any atom is -0.327 e. The molecule has 0 aromatic carbocycles. The van der Waals surface area contributed by atoms with E-state index in [1.165, 1.54) is 56.9 Å². The van der Waals surface area contributed by atoms with Crippen LogP contribution < -0.4 is 5.73 Å². The lowest BCUT2D eigenvalue weighted by Crippen LogP contribution is -2.19. The predicted octanol–water partition coefficient (Wildman–Crippen LogP) is 4.59. The summed E-state index contributed by atoms with van der Waals surface area (Å²) in [5.41, 5.74) is 10.9. The van der Waals surface area contributed by atoms with Gasteiger partial charge in [-0.15, -0.1) is 0 Å². The molecule has 0 aromatic rings. The van der Waals surface area contributed by atoms with Crippen molar-refractivity contribution in [3.63, 3.8) is 0 Å². The van der Waals surface area contributed by atoms with Gasteiger partial charge in [0.15, 0.2) is 0 Å². The van der Waals surface area contributed by atoms with Crippen molar-refractivity contribution in [2.75, 3.05) is 6.54 Å². The second kappa shape index (κ2) is 6.56. The van der Waals surface area contributed by atoms with Gasteiger partial charge in [0.05, 0.1) is 0 Å². The molecule has 0 radical (unpaired) electrons. The van der Waals surface area contributed by atoms with Crippen LogP contribution >= 0.6 is 0 Å². The summed E-state index contributed by atoms with van der Waals surface area (Å²) in [4.78, 5) is 0. The van der Waals surface area contributed by atoms with Crippen LogP contribution in [0.25, 0.3) is 0 Å². The molecule has 0 saturated carbocycles. The first-order chi connectivity index (χ1) is 8.72. The van der Waals surface area contributed by atoms with Crippen molar-refractivity contribution >= 4 is 0 Å². The molecule has 0 aliphatic heterocycles. The molecule has 2 rings (SSSR count). The minimum atomic E-state index is 0.683. The third-order valence-corrected chi connectivity index (χ3v) is 4.96. The first-order valence-corrected chi connectivity index (χ1v) is 7.80. The molecule has 2 aliphatic carbocycles. The molecule has 2 aliphatic rings. The standard InChI is InChI=1S/C17H29N/c1-13-7-3-6-10-17(13)15-8-4-5-9-16(12-18)14(2)11-15/h9,14-15H,3-8,10-12,18H2,1-2H3. The number of allylic oxidation sites excluding steroid dienone is 3. The van der Waals surface area contributed by atoms with E-state index in [1.54, 1.807) is 5.57 Å². The Bertz CT molecular complexity index is 338. The number of rotatable bonds is 2. The lowest BCUT2D eigenvalue weighted by atomic mass is 9.75. The molecule has 1 nitrogen and oxygen atoms in total. The van der Waals surface area contributed by atoms with Crippen LogP contribution in [-0.2, 0) is 0 Å². The lowest BCUT2D eigenvalue weighted by Gasteiger charge is -2.30. The van der Waals surface area contributed by atoms with Crippen LogP contribution in [0.1, 0.15) is 65.2 Å². The van der Waals surface area contributed by atoms with Crippen molar-refractivity contribution in [2.24, 2.45) is 17.6 Å². The predicted molar refractivity (Wildman–Crippen MR) is 79.4 cm³/mol. The van der Waals surface area contributed by atoms with Crippen LogP contribution in [0.3, 0.4) is 0 Å². The SMILES string of the molecule is CC1=C(C2CCCC=C(CN)C(C)C2)CCCC1. The highest BCUT2D eigenvalue weighted by molar-refractivity contribution is 5.20. The molecule has 2 unspecified atom stereocenters. The van der Waals surface area contributed by atoms with E-state index in [0.29, 0.717) is 5.92 Å². The molecule has 102 valence electrons. The van der Waals surface area contributed by atoms with Crippen LogP contribution in [0.4, 0.5) is 0 Å². The highest BCUT2D eigenvalue weighted by atomic mass is 14.5. The van der Waals surface area contributed by atoms with E-state index in [2.05, 4.69) is 19.9 Å². The topological polar surface area (TPSA) is 26.0 Å². The molecule has 0 aromatic heterocycles. The van der Waals surface area contributed by atoms with Crippen LogP contribution in [0.5, 0.6) is 0 Å². The van der Waals surface area contributed by atoms with E-state index in [0.717, 1.165) is 12.5 Å². The van der Waals surface area contributed by atoms with Crippen molar-refractivity contribution in [1.29, 1.82) is 0 Å². The van der Waals surface area contributed by atoms with Gasteiger partial charge in [0.1, 0.15) is 0 Å². The molecule has 0 amide bonds. The monoisotopic (exact) mass is 247 g/mol. The summed E-state index contributed by atoms with van der Waals surface area (Å²) in [6.45, 7) is 5.50. The zero-order valence-electron chi connectivity index (χ0n) is 12.2. The van der Waals surface area contributed by atoms with Crippen molar-refractivity contribution in [3.05, 3.63) is 22.8 Å². The zero-order valence-corrected chi connectivity index (χ0v) is 12.2. The highest BCUT2D eigenvalue weighted by Gasteiger charge is 2.23. The molecule has 0 heterocycles. The van der Waals surface area contributed by atoms with E-state index in [9.17, 15) is 0 Å². The van der Waals surface area contributed by atoms with Gasteiger partial charge in [0.25, 0.3) is 0 Å². The van der Waals surface area contributed by atoms with Gasteiger partial charge in [-0.2, -0.15) is 0 Å². The summed E-state index contributed by atoms with van der Waals surface area (Å²) in [6, 6.07) is 0. The fourth-order valence-electron chi connectivity index (χ4n) is 3.78. The second-order valence-electron chi connectivity index (χ2n) is 6.26. The second-order valence-corrected chi connectivity index (χ2v) is 6.26. The van der Waals surface area contributed by atoms with Gasteiger partial charge in [-0.25, -0.2) is 0 Å². The summed E-state index contributed by atoms with van der Waals surface area (Å²) in [6.07, 6.45) is 13.2. The van der Waals surface area contributed by atoms with Gasteiger partial charge in [-0.05, 0) is 70.1 Å². The van der Waals surface area contributed by atoms with Crippen molar-refractivity contribution in [3.8, 4) is 0 Å². The summed E-state index contributed by atoms with van der Waals surface area (Å²) >= 11 is 0. The lowest BCUT2D eigenvalue weighted by molar-refractivity contribution is 0.401. The molecular formula is C17H29N. The fraction of sp³-hybridized carbons (Fsp3) is 0.765. The van der Waals surface area contributed by atoms with E-state index in [1.807, 2.05) is 5.57 Å². The van der Waals surface area contributed by atoms with Gasteiger partial charge in [-0.3, -0.25) is 0 Å². The van der Waals surface area contributed by atoms with Crippen molar-refractivity contribution < 1.29 is 0 Å². The Morgan fingerprint density at radius 3 is 2.72 bits per heavy atom. The Balaban J connectivity index is 2.12. The molecule has 18 heavy (non-hydrogen) atoms. The first-order valence-electron chi connectivity index (χ1n) is 7.80. The van der Waals surface area contributed by atoms with Gasteiger partial charge in [0.2, 0.25) is 0 Å². The van der Waals surface area contributed by atoms with Crippen LogP contribution in [-0.4, -0.2) is 6.54 Å². The highest BCUT2D eigenvalue weighted by Crippen LogP contribution is 2.38. The maximum atomic E-state index is 5.89. The molecule has 0 spiro atoms. The van der Waals surface area contributed by atoms with Crippen LogP contribution in [0.2, 0.25) is 0 Å². The molecule has 2 N–H and O–H groups in total. The van der Waals surface area contributed by atoms with Crippen molar-refractivity contribution in [1.82, 2.24) is 0 Å². The molecule has 0 fully saturated rings. The number of nitrogens with two attached hydrogens (primary N) is 1. The molecule has 2 atom stereocenters. The van der Waals surface area contributed by atoms with E-state index >= 15 is 0 Å². The average Bonchev–Trinajstić information content (AvgIpc) is 2.35. The summed E-state index contributed by atoms with van der Waals surface area (Å²) in [7, 11) is 0. The van der Waals surface area contributed by atoms with Crippen LogP contribution in [0.15, 0.2) is 22.8 Å². The molecule has 0 saturated heterocycles. The Labute approximate surface area is 113 Å². The van der Waals surface area contributed by atoms with Gasteiger partial charge < -0.3 is 5.73 Å². The maximum Gasteiger partial charge on any atom is 0.0139 e. The molecular weight excluding hydrogens is 218 g/mol. The van der Waals surface area contributed by atoms with E-state index in [4.69, 9.17) is 5.73 Å². The number of hydrogen-bond donors (Lipinski definition) is 1. The quantitative estimate of drug-likeness (QED) is 0.710. The van der Waals surface area contributed by atoms with E-state index < -0.39 is 0 Å². The Kier molecular flexibility index (Phi) is 5.05. The first kappa shape index (κ1) is 13.9. The van der Waals surface area contributed by atoms with Gasteiger partial charge in [-0.1, -0.05) is 29.7 Å². The molecule has 1 heteroatoms. The smallest absolute Gasteiger partial charge is 0.0139 e. The van der Waals surface area contributed by atoms with Crippen molar-refractivity contribution in [2.45, 2.75) is 65.2 Å². The Morgan fingerprint density at radius 1 is 1.22 bits per heavy atom. The Hall–Kier alpha value is -0.560. The third-order valence-electron chi connectivity index (χ3n) is 4.96. The van der Waals surface area contributed by atoms with E-state index in [-0.39, 0.29) is 0 Å². The average molecular weight is 247 g/mol. The molecule has 0 bridgehead atoms. The summed E-state index contributed by atoms with van der Waals surface area (Å²) in [5, 5.41) is 0. The van der Waals surface area contributed by atoms with Gasteiger partial charge >= 0.3 is 0 Å². The zero-order chi connectivity index (χ0) is 13.0. The maximum absolute atomic E-state index is 5.89. The normalized spacial score (nSPS) is 30.7.